The highest BCUT2D eigenvalue weighted by Crippen LogP contribution is 2.51. The first kappa shape index (κ1) is 13.0. The Morgan fingerprint density at radius 1 is 1.11 bits per heavy atom. The van der Waals surface area contributed by atoms with Crippen LogP contribution in [0.25, 0.3) is 0 Å². The van der Waals surface area contributed by atoms with Gasteiger partial charge in [0.25, 0.3) is 0 Å². The largest absolute Gasteiger partial charge is 0.489 e. The minimum atomic E-state index is 0.263. The van der Waals surface area contributed by atoms with Crippen molar-refractivity contribution in [3.63, 3.8) is 0 Å². The average molecular weight is 259 g/mol. The van der Waals surface area contributed by atoms with Crippen molar-refractivity contribution in [1.29, 1.82) is 0 Å². The lowest BCUT2D eigenvalue weighted by Crippen LogP contribution is -2.63. The lowest BCUT2D eigenvalue weighted by Gasteiger charge is -2.54. The van der Waals surface area contributed by atoms with Crippen LogP contribution in [0.3, 0.4) is 0 Å². The summed E-state index contributed by atoms with van der Waals surface area (Å²) in [5.41, 5.74) is 7.85. The second kappa shape index (κ2) is 5.16. The zero-order valence-electron chi connectivity index (χ0n) is 11.9. The lowest BCUT2D eigenvalue weighted by atomic mass is 9.58. The number of para-hydroxylation sites is 1. The van der Waals surface area contributed by atoms with Crippen LogP contribution in [-0.4, -0.2) is 12.1 Å². The van der Waals surface area contributed by atoms with Crippen molar-refractivity contribution in [2.75, 3.05) is 0 Å². The van der Waals surface area contributed by atoms with Crippen LogP contribution < -0.4 is 10.5 Å². The average Bonchev–Trinajstić information content (AvgIpc) is 2.68. The quantitative estimate of drug-likeness (QED) is 0.876. The summed E-state index contributed by atoms with van der Waals surface area (Å²) in [4.78, 5) is 0. The Morgan fingerprint density at radius 3 is 2.42 bits per heavy atom. The molecular weight excluding hydrogens is 234 g/mol. The molecule has 0 aliphatic heterocycles. The van der Waals surface area contributed by atoms with E-state index in [0.717, 1.165) is 12.2 Å². The van der Waals surface area contributed by atoms with E-state index in [0.29, 0.717) is 12.1 Å². The van der Waals surface area contributed by atoms with Crippen molar-refractivity contribution in [3.05, 3.63) is 29.8 Å². The smallest absolute Gasteiger partial charge is 0.122 e. The summed E-state index contributed by atoms with van der Waals surface area (Å²) in [6, 6.07) is 8.67. The molecule has 0 amide bonds. The summed E-state index contributed by atoms with van der Waals surface area (Å²) in [5.74, 6) is 1.04. The van der Waals surface area contributed by atoms with Crippen LogP contribution in [0.4, 0.5) is 0 Å². The second-order valence-corrected chi connectivity index (χ2v) is 6.36. The minimum absolute atomic E-state index is 0.263. The van der Waals surface area contributed by atoms with Crippen molar-refractivity contribution >= 4 is 0 Å². The van der Waals surface area contributed by atoms with Crippen LogP contribution in [0.2, 0.25) is 0 Å². The molecule has 2 nitrogen and oxygen atoms in total. The Balaban J connectivity index is 1.76. The van der Waals surface area contributed by atoms with Gasteiger partial charge in [-0.3, -0.25) is 0 Å². The topological polar surface area (TPSA) is 35.2 Å². The number of benzene rings is 1. The normalized spacial score (nSPS) is 29.6. The number of hydrogen-bond acceptors (Lipinski definition) is 2. The molecule has 1 aromatic rings. The van der Waals surface area contributed by atoms with Gasteiger partial charge in [0.15, 0.2) is 0 Å². The SMILES string of the molecule is Cc1ccccc1OC1CC(N)C12CCCCCC2. The Kier molecular flexibility index (Phi) is 3.53. The standard InChI is InChI=1S/C17H25NO/c1-13-8-4-5-9-14(13)19-16-12-15(18)17(16)10-6-2-3-7-11-17/h4-5,8-9,15-16H,2-3,6-7,10-12,18H2,1H3. The van der Waals surface area contributed by atoms with Gasteiger partial charge < -0.3 is 10.5 Å². The first-order chi connectivity index (χ1) is 9.22. The maximum absolute atomic E-state index is 6.36. The number of aryl methyl sites for hydroxylation is 1. The minimum Gasteiger partial charge on any atom is -0.489 e. The van der Waals surface area contributed by atoms with Gasteiger partial charge in [0.1, 0.15) is 11.9 Å². The van der Waals surface area contributed by atoms with Gasteiger partial charge in [-0.05, 0) is 31.4 Å². The van der Waals surface area contributed by atoms with Gasteiger partial charge in [0.05, 0.1) is 0 Å². The molecule has 0 radical (unpaired) electrons. The highest BCUT2D eigenvalue weighted by Gasteiger charge is 2.54. The maximum atomic E-state index is 6.36. The number of hydrogen-bond donors (Lipinski definition) is 1. The number of rotatable bonds is 2. The van der Waals surface area contributed by atoms with Crippen molar-refractivity contribution in [2.24, 2.45) is 11.1 Å². The molecule has 2 aliphatic carbocycles. The summed E-state index contributed by atoms with van der Waals surface area (Å²) in [6.45, 7) is 2.12. The Labute approximate surface area is 116 Å². The lowest BCUT2D eigenvalue weighted by molar-refractivity contribution is -0.0773. The third kappa shape index (κ3) is 2.27. The Morgan fingerprint density at radius 2 is 1.79 bits per heavy atom. The molecule has 2 N–H and O–H groups in total. The Bertz CT molecular complexity index is 435. The summed E-state index contributed by atoms with van der Waals surface area (Å²) in [5, 5.41) is 0. The summed E-state index contributed by atoms with van der Waals surface area (Å²) >= 11 is 0. The molecule has 1 spiro atoms. The fourth-order valence-electron chi connectivity index (χ4n) is 3.87. The van der Waals surface area contributed by atoms with Gasteiger partial charge in [-0.1, -0.05) is 43.9 Å². The maximum Gasteiger partial charge on any atom is 0.122 e. The van der Waals surface area contributed by atoms with E-state index < -0.39 is 0 Å². The molecule has 2 fully saturated rings. The second-order valence-electron chi connectivity index (χ2n) is 6.36. The van der Waals surface area contributed by atoms with Crippen molar-refractivity contribution < 1.29 is 4.74 Å². The van der Waals surface area contributed by atoms with Crippen molar-refractivity contribution in [2.45, 2.75) is 64.0 Å². The van der Waals surface area contributed by atoms with Gasteiger partial charge in [-0.2, -0.15) is 0 Å². The first-order valence-electron chi connectivity index (χ1n) is 7.70. The van der Waals surface area contributed by atoms with Crippen LogP contribution >= 0.6 is 0 Å². The number of nitrogens with two attached hydrogens (primary N) is 1. The van der Waals surface area contributed by atoms with Crippen LogP contribution in [0.5, 0.6) is 5.75 Å². The van der Waals surface area contributed by atoms with E-state index in [1.807, 2.05) is 0 Å². The molecule has 0 heterocycles. The molecule has 2 atom stereocenters. The van der Waals surface area contributed by atoms with Gasteiger partial charge in [-0.25, -0.2) is 0 Å². The van der Waals surface area contributed by atoms with Gasteiger partial charge in [0.2, 0.25) is 0 Å². The van der Waals surface area contributed by atoms with Gasteiger partial charge in [0, 0.05) is 17.9 Å². The van der Waals surface area contributed by atoms with E-state index in [-0.39, 0.29) is 5.41 Å². The highest BCUT2D eigenvalue weighted by atomic mass is 16.5. The molecule has 2 aliphatic rings. The third-order valence-electron chi connectivity index (χ3n) is 5.24. The van der Waals surface area contributed by atoms with Crippen molar-refractivity contribution in [3.8, 4) is 5.75 Å². The molecule has 3 rings (SSSR count). The molecule has 1 aromatic carbocycles. The molecule has 19 heavy (non-hydrogen) atoms. The van der Waals surface area contributed by atoms with Gasteiger partial charge in [-0.15, -0.1) is 0 Å². The molecule has 2 saturated carbocycles. The third-order valence-corrected chi connectivity index (χ3v) is 5.24. The van der Waals surface area contributed by atoms with E-state index in [2.05, 4.69) is 31.2 Å². The van der Waals surface area contributed by atoms with E-state index >= 15 is 0 Å². The molecule has 0 saturated heterocycles. The summed E-state index contributed by atoms with van der Waals surface area (Å²) in [7, 11) is 0. The van der Waals surface area contributed by atoms with E-state index in [1.54, 1.807) is 0 Å². The molecule has 104 valence electrons. The van der Waals surface area contributed by atoms with Crippen LogP contribution in [0, 0.1) is 12.3 Å². The van der Waals surface area contributed by atoms with Crippen molar-refractivity contribution in [1.82, 2.24) is 0 Å². The molecule has 2 unspecified atom stereocenters. The first-order valence-corrected chi connectivity index (χ1v) is 7.70. The molecular formula is C17H25NO. The van der Waals surface area contributed by atoms with E-state index in [4.69, 9.17) is 10.5 Å². The predicted molar refractivity (Wildman–Crippen MR) is 78.3 cm³/mol. The molecule has 0 aromatic heterocycles. The molecule has 0 bridgehead atoms. The monoisotopic (exact) mass is 259 g/mol. The molecule has 2 heteroatoms. The fraction of sp³-hybridized carbons (Fsp3) is 0.647. The van der Waals surface area contributed by atoms with E-state index in [9.17, 15) is 0 Å². The highest BCUT2D eigenvalue weighted by molar-refractivity contribution is 5.32. The zero-order chi connectivity index (χ0) is 13.3. The predicted octanol–water partition coefficient (Wildman–Crippen LogP) is 3.81. The van der Waals surface area contributed by atoms with Crippen LogP contribution in [-0.2, 0) is 0 Å². The zero-order valence-corrected chi connectivity index (χ0v) is 11.9. The Hall–Kier alpha value is -1.02. The van der Waals surface area contributed by atoms with Crippen LogP contribution in [0.1, 0.15) is 50.5 Å². The summed E-state index contributed by atoms with van der Waals surface area (Å²) < 4.78 is 6.32. The fourth-order valence-corrected chi connectivity index (χ4v) is 3.87. The van der Waals surface area contributed by atoms with Gasteiger partial charge >= 0.3 is 0 Å². The van der Waals surface area contributed by atoms with Crippen LogP contribution in [0.15, 0.2) is 24.3 Å². The van der Waals surface area contributed by atoms with E-state index in [1.165, 1.54) is 44.1 Å². The summed E-state index contributed by atoms with van der Waals surface area (Å²) in [6.07, 6.45) is 9.24. The number of ether oxygens (including phenoxy) is 1.